The van der Waals surface area contributed by atoms with E-state index in [0.29, 0.717) is 12.0 Å². The maximum Gasteiger partial charge on any atom is 0.310 e. The van der Waals surface area contributed by atoms with Crippen LogP contribution in [0.1, 0.15) is 47.5 Å². The van der Waals surface area contributed by atoms with Gasteiger partial charge in [-0.1, -0.05) is 25.5 Å². The minimum atomic E-state index is -0.438. The minimum Gasteiger partial charge on any atom is -0.457 e. The van der Waals surface area contributed by atoms with Crippen LogP contribution >= 0.6 is 0 Å². The number of carbonyl (C=O) groups excluding carboxylic acids is 2. The van der Waals surface area contributed by atoms with Gasteiger partial charge in [-0.05, 0) is 37.7 Å². The van der Waals surface area contributed by atoms with E-state index in [1.165, 1.54) is 5.57 Å². The molecule has 0 spiro atoms. The molecule has 2 rings (SSSR count). The highest BCUT2D eigenvalue weighted by atomic mass is 16.5. The maximum absolute atomic E-state index is 12.5. The lowest BCUT2D eigenvalue weighted by molar-refractivity contribution is -0.150. The molecule has 2 aliphatic carbocycles. The third-order valence-corrected chi connectivity index (χ3v) is 4.88. The molecule has 2 unspecified atom stereocenters. The van der Waals surface area contributed by atoms with Crippen LogP contribution in [-0.4, -0.2) is 17.9 Å². The second-order valence-electron chi connectivity index (χ2n) is 7.16. The summed E-state index contributed by atoms with van der Waals surface area (Å²) in [6.45, 7) is 10.1. The van der Waals surface area contributed by atoms with Crippen LogP contribution in [0.4, 0.5) is 0 Å². The maximum atomic E-state index is 12.5. The van der Waals surface area contributed by atoms with Gasteiger partial charge in [0, 0.05) is 12.0 Å². The molecule has 3 nitrogen and oxygen atoms in total. The lowest BCUT2D eigenvalue weighted by atomic mass is 10.1. The Morgan fingerprint density at radius 2 is 2.09 bits per heavy atom. The molecule has 0 heterocycles. The van der Waals surface area contributed by atoms with Gasteiger partial charge < -0.3 is 4.74 Å². The summed E-state index contributed by atoms with van der Waals surface area (Å²) in [6.07, 6.45) is 7.53. The van der Waals surface area contributed by atoms with Crippen molar-refractivity contribution in [2.45, 2.75) is 53.6 Å². The van der Waals surface area contributed by atoms with Gasteiger partial charge in [0.15, 0.2) is 5.78 Å². The third kappa shape index (κ3) is 2.88. The molecule has 3 atom stereocenters. The molecule has 0 aromatic carbocycles. The van der Waals surface area contributed by atoms with E-state index in [-0.39, 0.29) is 35.4 Å². The molecular formula is C19H24O3. The highest BCUT2D eigenvalue weighted by molar-refractivity contribution is 6.00. The first kappa shape index (κ1) is 16.5. The Morgan fingerprint density at radius 3 is 2.64 bits per heavy atom. The van der Waals surface area contributed by atoms with Gasteiger partial charge in [0.1, 0.15) is 6.10 Å². The van der Waals surface area contributed by atoms with Crippen molar-refractivity contribution >= 4 is 11.8 Å². The molecule has 0 amide bonds. The zero-order chi connectivity index (χ0) is 16.7. The van der Waals surface area contributed by atoms with Crippen LogP contribution in [0.25, 0.3) is 0 Å². The SMILES string of the molecule is C#CCC1=C(C)C(OC(=O)[C@@H]2C(C=C(C)C)C2(C)C)CC1=O. The van der Waals surface area contributed by atoms with Crippen molar-refractivity contribution in [1.29, 1.82) is 0 Å². The molecule has 2 aliphatic rings. The Labute approximate surface area is 132 Å². The van der Waals surface area contributed by atoms with Gasteiger partial charge in [-0.3, -0.25) is 9.59 Å². The molecule has 0 aromatic rings. The normalized spacial score (nSPS) is 29.1. The highest BCUT2D eigenvalue weighted by Gasteiger charge is 2.61. The van der Waals surface area contributed by atoms with Crippen LogP contribution in [0.5, 0.6) is 0 Å². The highest BCUT2D eigenvalue weighted by Crippen LogP contribution is 2.60. The number of allylic oxidation sites excluding steroid dienone is 3. The van der Waals surface area contributed by atoms with E-state index in [1.54, 1.807) is 0 Å². The molecule has 1 saturated carbocycles. The van der Waals surface area contributed by atoms with Gasteiger partial charge in [-0.2, -0.15) is 0 Å². The van der Waals surface area contributed by atoms with Crippen LogP contribution in [0.3, 0.4) is 0 Å². The summed E-state index contributed by atoms with van der Waals surface area (Å²) in [5.74, 6) is 2.39. The summed E-state index contributed by atoms with van der Waals surface area (Å²) in [5.41, 5.74) is 2.58. The zero-order valence-electron chi connectivity index (χ0n) is 14.0. The van der Waals surface area contributed by atoms with Crippen LogP contribution in [0.2, 0.25) is 0 Å². The van der Waals surface area contributed by atoms with Gasteiger partial charge in [0.05, 0.1) is 12.3 Å². The molecule has 118 valence electrons. The third-order valence-electron chi connectivity index (χ3n) is 4.88. The van der Waals surface area contributed by atoms with Crippen molar-refractivity contribution in [2.24, 2.45) is 17.3 Å². The fourth-order valence-electron chi connectivity index (χ4n) is 3.34. The molecule has 0 aliphatic heterocycles. The number of hydrogen-bond acceptors (Lipinski definition) is 3. The van der Waals surface area contributed by atoms with E-state index in [2.05, 4.69) is 25.8 Å². The summed E-state index contributed by atoms with van der Waals surface area (Å²) in [7, 11) is 0. The van der Waals surface area contributed by atoms with Crippen molar-refractivity contribution in [2.75, 3.05) is 0 Å². The van der Waals surface area contributed by atoms with Crippen molar-refractivity contribution < 1.29 is 14.3 Å². The lowest BCUT2D eigenvalue weighted by Gasteiger charge is -2.13. The zero-order valence-corrected chi connectivity index (χ0v) is 14.0. The van der Waals surface area contributed by atoms with Gasteiger partial charge in [0.2, 0.25) is 0 Å². The van der Waals surface area contributed by atoms with Gasteiger partial charge in [0.25, 0.3) is 0 Å². The first-order valence-electron chi connectivity index (χ1n) is 7.72. The smallest absolute Gasteiger partial charge is 0.310 e. The Balaban J connectivity index is 2.07. The average Bonchev–Trinajstić information content (AvgIpc) is 2.83. The van der Waals surface area contributed by atoms with E-state index < -0.39 is 6.10 Å². The molecule has 0 bridgehead atoms. The molecule has 0 radical (unpaired) electrons. The number of ether oxygens (including phenoxy) is 1. The van der Waals surface area contributed by atoms with E-state index in [0.717, 1.165) is 5.57 Å². The van der Waals surface area contributed by atoms with Crippen molar-refractivity contribution in [1.82, 2.24) is 0 Å². The van der Waals surface area contributed by atoms with E-state index in [9.17, 15) is 9.59 Å². The van der Waals surface area contributed by atoms with E-state index in [1.807, 2.05) is 20.8 Å². The van der Waals surface area contributed by atoms with Crippen molar-refractivity contribution in [3.8, 4) is 12.3 Å². The molecule has 3 heteroatoms. The standard InChI is InChI=1S/C19H24O3/c1-7-8-13-12(4)16(10-15(13)20)22-18(21)17-14(9-11(2)3)19(17,5)6/h1,9,14,16-17H,8,10H2,2-6H3/t14?,16?,17-/m0/s1. The summed E-state index contributed by atoms with van der Waals surface area (Å²) in [6, 6.07) is 0. The summed E-state index contributed by atoms with van der Waals surface area (Å²) >= 11 is 0. The van der Waals surface area contributed by atoms with Gasteiger partial charge in [-0.15, -0.1) is 12.3 Å². The minimum absolute atomic E-state index is 0.00385. The first-order chi connectivity index (χ1) is 10.2. The number of carbonyl (C=O) groups is 2. The fraction of sp³-hybridized carbons (Fsp3) is 0.579. The quantitative estimate of drug-likeness (QED) is 0.454. The summed E-state index contributed by atoms with van der Waals surface area (Å²) < 4.78 is 5.63. The predicted molar refractivity (Wildman–Crippen MR) is 85.8 cm³/mol. The number of Topliss-reactive ketones (excluding diaryl/α,β-unsaturated/α-hetero) is 1. The van der Waals surface area contributed by atoms with E-state index >= 15 is 0 Å². The monoisotopic (exact) mass is 300 g/mol. The molecule has 0 N–H and O–H groups in total. The molecule has 0 aromatic heterocycles. The lowest BCUT2D eigenvalue weighted by Crippen LogP contribution is -2.20. The fourth-order valence-corrected chi connectivity index (χ4v) is 3.34. The van der Waals surface area contributed by atoms with Gasteiger partial charge in [-0.25, -0.2) is 0 Å². The van der Waals surface area contributed by atoms with Gasteiger partial charge >= 0.3 is 5.97 Å². The van der Waals surface area contributed by atoms with Crippen molar-refractivity contribution in [3.05, 3.63) is 22.8 Å². The van der Waals surface area contributed by atoms with Crippen LogP contribution < -0.4 is 0 Å². The first-order valence-corrected chi connectivity index (χ1v) is 7.72. The number of hydrogen-bond donors (Lipinski definition) is 0. The van der Waals surface area contributed by atoms with Crippen molar-refractivity contribution in [3.63, 3.8) is 0 Å². The number of ketones is 1. The predicted octanol–water partition coefficient (Wildman–Crippen LogP) is 3.45. The summed E-state index contributed by atoms with van der Waals surface area (Å²) in [5, 5.41) is 0. The van der Waals surface area contributed by atoms with E-state index in [4.69, 9.17) is 11.2 Å². The second kappa shape index (κ2) is 5.76. The van der Waals surface area contributed by atoms with Crippen LogP contribution in [-0.2, 0) is 14.3 Å². The average molecular weight is 300 g/mol. The molecule has 22 heavy (non-hydrogen) atoms. The van der Waals surface area contributed by atoms with Crippen LogP contribution in [0, 0.1) is 29.6 Å². The molecule has 1 fully saturated rings. The topological polar surface area (TPSA) is 43.4 Å². The Hall–Kier alpha value is -1.82. The number of rotatable bonds is 4. The Morgan fingerprint density at radius 1 is 1.45 bits per heavy atom. The van der Waals surface area contributed by atoms with Crippen LogP contribution in [0.15, 0.2) is 22.8 Å². The Bertz CT molecular complexity index is 609. The molecular weight excluding hydrogens is 276 g/mol. The Kier molecular flexibility index (Phi) is 4.33. The largest absolute Gasteiger partial charge is 0.457 e. The second-order valence-corrected chi connectivity index (χ2v) is 7.16. The number of esters is 1. The summed E-state index contributed by atoms with van der Waals surface area (Å²) in [4.78, 5) is 24.4. The molecule has 0 saturated heterocycles. The number of terminal acetylenes is 1.